The maximum absolute atomic E-state index is 12.6. The predicted molar refractivity (Wildman–Crippen MR) is 111 cm³/mol. The lowest BCUT2D eigenvalue weighted by atomic mass is 10.2. The zero-order valence-electron chi connectivity index (χ0n) is 16.0. The van der Waals surface area contributed by atoms with Gasteiger partial charge in [0.1, 0.15) is 18.4 Å². The molecular weight excluding hydrogens is 422 g/mol. The average molecular weight is 437 g/mol. The van der Waals surface area contributed by atoms with Crippen molar-refractivity contribution in [3.8, 4) is 23.3 Å². The lowest BCUT2D eigenvalue weighted by molar-refractivity contribution is -0.127. The summed E-state index contributed by atoms with van der Waals surface area (Å²) in [5.74, 6) is 0.559. The van der Waals surface area contributed by atoms with E-state index in [2.05, 4.69) is 5.32 Å². The fourth-order valence-electron chi connectivity index (χ4n) is 2.88. The molecule has 10 heteroatoms. The van der Waals surface area contributed by atoms with Gasteiger partial charge in [0.15, 0.2) is 18.1 Å². The van der Waals surface area contributed by atoms with Gasteiger partial charge in [-0.05, 0) is 47.7 Å². The van der Waals surface area contributed by atoms with Crippen LogP contribution in [0.1, 0.15) is 5.56 Å². The van der Waals surface area contributed by atoms with Crippen LogP contribution in [0.5, 0.6) is 17.2 Å². The number of imide groups is 1. The zero-order chi connectivity index (χ0) is 21.8. The van der Waals surface area contributed by atoms with Gasteiger partial charge in [-0.25, -0.2) is 0 Å². The number of thioether (sulfide) groups is 1. The summed E-state index contributed by atoms with van der Waals surface area (Å²) in [5.41, 5.74) is 1.15. The topological polar surface area (TPSA) is 118 Å². The molecule has 2 aromatic carbocycles. The highest BCUT2D eigenvalue weighted by Gasteiger charge is 2.36. The Labute approximate surface area is 181 Å². The number of carbonyl (C=O) groups is 3. The van der Waals surface area contributed by atoms with Crippen LogP contribution in [0.3, 0.4) is 0 Å². The maximum Gasteiger partial charge on any atom is 0.294 e. The summed E-state index contributed by atoms with van der Waals surface area (Å²) < 4.78 is 15.7. The van der Waals surface area contributed by atoms with E-state index in [0.717, 1.165) is 16.7 Å². The first-order chi connectivity index (χ1) is 15.0. The van der Waals surface area contributed by atoms with Crippen LogP contribution in [-0.2, 0) is 9.59 Å². The molecule has 2 aliphatic heterocycles. The standard InChI is InChI=1S/C21H15N3O6S/c22-7-8-28-15-4-1-13(2-5-15)9-18-20(26)24(21(27)31-18)11-19(25)23-14-3-6-16-17(10-14)30-12-29-16/h1-6,9-10H,8,11-12H2,(H,23,25)/b18-9-. The van der Waals surface area contributed by atoms with Gasteiger partial charge in [0.05, 0.1) is 4.91 Å². The van der Waals surface area contributed by atoms with Crippen LogP contribution in [0.2, 0.25) is 0 Å². The lowest BCUT2D eigenvalue weighted by Gasteiger charge is -2.12. The summed E-state index contributed by atoms with van der Waals surface area (Å²) in [4.78, 5) is 38.3. The smallest absolute Gasteiger partial charge is 0.294 e. The van der Waals surface area contributed by atoms with E-state index in [0.29, 0.717) is 28.5 Å². The Bertz CT molecular complexity index is 1120. The van der Waals surface area contributed by atoms with Crippen LogP contribution in [0.15, 0.2) is 47.4 Å². The van der Waals surface area contributed by atoms with Crippen LogP contribution >= 0.6 is 11.8 Å². The molecule has 0 aromatic heterocycles. The van der Waals surface area contributed by atoms with Crippen molar-refractivity contribution in [3.05, 3.63) is 52.9 Å². The number of ether oxygens (including phenoxy) is 3. The van der Waals surface area contributed by atoms with Crippen molar-refractivity contribution >= 4 is 40.6 Å². The van der Waals surface area contributed by atoms with Crippen LogP contribution < -0.4 is 19.5 Å². The number of nitrogens with zero attached hydrogens (tertiary/aromatic N) is 2. The molecule has 0 atom stereocenters. The number of fused-ring (bicyclic) bond motifs is 1. The molecule has 0 radical (unpaired) electrons. The second-order valence-corrected chi connectivity index (χ2v) is 7.39. The molecule has 1 fully saturated rings. The highest BCUT2D eigenvalue weighted by atomic mass is 32.2. The molecule has 156 valence electrons. The minimum absolute atomic E-state index is 0.0629. The van der Waals surface area contributed by atoms with Gasteiger partial charge >= 0.3 is 0 Å². The minimum Gasteiger partial charge on any atom is -0.479 e. The van der Waals surface area contributed by atoms with Gasteiger partial charge in [-0.1, -0.05) is 12.1 Å². The molecule has 0 unspecified atom stereocenters. The molecule has 2 aliphatic rings. The number of nitriles is 1. The number of hydrogen-bond donors (Lipinski definition) is 1. The third kappa shape index (κ3) is 4.62. The number of anilines is 1. The van der Waals surface area contributed by atoms with Crippen molar-refractivity contribution in [3.63, 3.8) is 0 Å². The zero-order valence-corrected chi connectivity index (χ0v) is 16.8. The minimum atomic E-state index is -0.541. The Hall–Kier alpha value is -3.97. The summed E-state index contributed by atoms with van der Waals surface area (Å²) in [5, 5.41) is 10.7. The number of carbonyl (C=O) groups excluding carboxylic acids is 3. The Kier molecular flexibility index (Phi) is 5.77. The SMILES string of the molecule is N#CCOc1ccc(/C=C2\SC(=O)N(CC(=O)Nc3ccc4c(c3)OCO4)C2=O)cc1. The predicted octanol–water partition coefficient (Wildman–Crippen LogP) is 2.99. The van der Waals surface area contributed by atoms with Crippen molar-refractivity contribution in [2.45, 2.75) is 0 Å². The number of hydrogen-bond acceptors (Lipinski definition) is 8. The summed E-state index contributed by atoms with van der Waals surface area (Å²) in [6, 6.07) is 13.5. The second kappa shape index (κ2) is 8.81. The van der Waals surface area contributed by atoms with Crippen LogP contribution in [-0.4, -0.2) is 41.9 Å². The van der Waals surface area contributed by atoms with E-state index in [4.69, 9.17) is 19.5 Å². The number of nitrogens with one attached hydrogen (secondary N) is 1. The molecule has 0 aliphatic carbocycles. The Morgan fingerprint density at radius 1 is 1.19 bits per heavy atom. The summed E-state index contributed by atoms with van der Waals surface area (Å²) in [7, 11) is 0. The first-order valence-corrected chi connectivity index (χ1v) is 9.90. The van der Waals surface area contributed by atoms with Crippen LogP contribution in [0.4, 0.5) is 10.5 Å². The number of amides is 3. The van der Waals surface area contributed by atoms with Gasteiger partial charge in [-0.15, -0.1) is 0 Å². The first-order valence-electron chi connectivity index (χ1n) is 9.08. The summed E-state index contributed by atoms with van der Waals surface area (Å²) in [6.07, 6.45) is 1.56. The van der Waals surface area contributed by atoms with E-state index in [9.17, 15) is 14.4 Å². The second-order valence-electron chi connectivity index (χ2n) is 6.40. The average Bonchev–Trinajstić information content (AvgIpc) is 3.33. The molecule has 1 N–H and O–H groups in total. The highest BCUT2D eigenvalue weighted by molar-refractivity contribution is 8.18. The van der Waals surface area contributed by atoms with Gasteiger partial charge < -0.3 is 19.5 Å². The van der Waals surface area contributed by atoms with Crippen molar-refractivity contribution in [1.29, 1.82) is 5.26 Å². The van der Waals surface area contributed by atoms with Gasteiger partial charge in [-0.2, -0.15) is 5.26 Å². The van der Waals surface area contributed by atoms with E-state index < -0.39 is 23.6 Å². The Morgan fingerprint density at radius 3 is 2.74 bits per heavy atom. The molecular formula is C21H15N3O6S. The summed E-state index contributed by atoms with van der Waals surface area (Å²) >= 11 is 0.767. The van der Waals surface area contributed by atoms with Crippen LogP contribution in [0.25, 0.3) is 6.08 Å². The fourth-order valence-corrected chi connectivity index (χ4v) is 3.72. The molecule has 4 rings (SSSR count). The number of benzene rings is 2. The Morgan fingerprint density at radius 2 is 1.97 bits per heavy atom. The molecule has 0 spiro atoms. The molecule has 2 heterocycles. The molecule has 3 amide bonds. The quantitative estimate of drug-likeness (QED) is 0.686. The normalized spacial score (nSPS) is 15.8. The van der Waals surface area contributed by atoms with Crippen molar-refractivity contribution in [2.75, 3.05) is 25.3 Å². The Balaban J connectivity index is 1.39. The largest absolute Gasteiger partial charge is 0.479 e. The lowest BCUT2D eigenvalue weighted by Crippen LogP contribution is -2.36. The van der Waals surface area contributed by atoms with Crippen molar-refractivity contribution < 1.29 is 28.6 Å². The third-order valence-corrected chi connectivity index (χ3v) is 5.22. The molecule has 1 saturated heterocycles. The molecule has 2 aromatic rings. The summed E-state index contributed by atoms with van der Waals surface area (Å²) in [6.45, 7) is -0.352. The van der Waals surface area contributed by atoms with Crippen LogP contribution in [0, 0.1) is 11.3 Å². The van der Waals surface area contributed by atoms with Gasteiger partial charge in [0, 0.05) is 11.8 Å². The highest BCUT2D eigenvalue weighted by Crippen LogP contribution is 2.35. The fraction of sp³-hybridized carbons (Fsp3) is 0.143. The monoisotopic (exact) mass is 437 g/mol. The first kappa shape index (κ1) is 20.3. The van der Waals surface area contributed by atoms with Crippen molar-refractivity contribution in [1.82, 2.24) is 4.90 Å². The van der Waals surface area contributed by atoms with Gasteiger partial charge in [0.2, 0.25) is 12.7 Å². The molecule has 0 bridgehead atoms. The van der Waals surface area contributed by atoms with E-state index >= 15 is 0 Å². The molecule has 9 nitrogen and oxygen atoms in total. The number of rotatable bonds is 6. The molecule has 31 heavy (non-hydrogen) atoms. The van der Waals surface area contributed by atoms with E-state index in [-0.39, 0.29) is 18.3 Å². The van der Waals surface area contributed by atoms with E-state index in [1.165, 1.54) is 0 Å². The third-order valence-electron chi connectivity index (χ3n) is 4.31. The van der Waals surface area contributed by atoms with Gasteiger partial charge in [0.25, 0.3) is 11.1 Å². The van der Waals surface area contributed by atoms with Crippen molar-refractivity contribution in [2.24, 2.45) is 0 Å². The van der Waals surface area contributed by atoms with E-state index in [1.54, 1.807) is 48.5 Å². The van der Waals surface area contributed by atoms with Gasteiger partial charge in [-0.3, -0.25) is 19.3 Å². The molecule has 0 saturated carbocycles. The maximum atomic E-state index is 12.6. The van der Waals surface area contributed by atoms with E-state index in [1.807, 2.05) is 6.07 Å².